The van der Waals surface area contributed by atoms with Gasteiger partial charge < -0.3 is 20.7 Å². The maximum Gasteiger partial charge on any atom is 0.149 e. The van der Waals surface area contributed by atoms with Gasteiger partial charge in [0.25, 0.3) is 0 Å². The summed E-state index contributed by atoms with van der Waals surface area (Å²) in [6.45, 7) is 0.933. The van der Waals surface area contributed by atoms with Gasteiger partial charge in [-0.05, 0) is 17.7 Å². The molecule has 0 bridgehead atoms. The van der Waals surface area contributed by atoms with Crippen LogP contribution in [0.2, 0.25) is 0 Å². The lowest BCUT2D eigenvalue weighted by atomic mass is 10.2. The van der Waals surface area contributed by atoms with Gasteiger partial charge >= 0.3 is 0 Å². The maximum atomic E-state index is 8.75. The van der Waals surface area contributed by atoms with Gasteiger partial charge in [0.05, 0.1) is 18.7 Å². The fourth-order valence-electron chi connectivity index (χ4n) is 2.15. The van der Waals surface area contributed by atoms with E-state index in [0.29, 0.717) is 17.4 Å². The lowest BCUT2D eigenvalue weighted by Crippen LogP contribution is -2.17. The fraction of sp³-hybridized carbons (Fsp3) is 0.375. The number of nitrogens with zero attached hydrogens (tertiary/aromatic N) is 3. The Morgan fingerprint density at radius 3 is 2.87 bits per heavy atom. The van der Waals surface area contributed by atoms with Crippen LogP contribution < -0.4 is 11.1 Å². The molecule has 0 saturated heterocycles. The van der Waals surface area contributed by atoms with E-state index in [9.17, 15) is 0 Å². The van der Waals surface area contributed by atoms with Gasteiger partial charge in [-0.1, -0.05) is 30.3 Å². The quantitative estimate of drug-likeness (QED) is 0.370. The number of benzene rings is 1. The van der Waals surface area contributed by atoms with E-state index in [2.05, 4.69) is 27.4 Å². The predicted molar refractivity (Wildman–Crippen MR) is 97.1 cm³/mol. The molecule has 0 aliphatic carbocycles. The summed E-state index contributed by atoms with van der Waals surface area (Å²) in [5.74, 6) is 2.72. The van der Waals surface area contributed by atoms with Gasteiger partial charge in [-0.25, -0.2) is 4.98 Å². The van der Waals surface area contributed by atoms with Gasteiger partial charge in [-0.2, -0.15) is 0 Å². The van der Waals surface area contributed by atoms with Crippen molar-refractivity contribution >= 4 is 23.4 Å². The molecule has 1 aromatic carbocycles. The van der Waals surface area contributed by atoms with E-state index in [4.69, 9.17) is 10.8 Å². The third-order valence-corrected chi connectivity index (χ3v) is 4.17. The average molecular weight is 333 g/mol. The number of anilines is 1. The number of hydrogen-bond acceptors (Lipinski definition) is 5. The molecule has 0 aliphatic rings. The Morgan fingerprint density at radius 1 is 1.39 bits per heavy atom. The number of amidine groups is 1. The number of aromatic nitrogens is 2. The number of hydrogen-bond donors (Lipinski definition) is 3. The van der Waals surface area contributed by atoms with Crippen molar-refractivity contribution in [2.24, 2.45) is 10.7 Å². The lowest BCUT2D eigenvalue weighted by Gasteiger charge is -2.09. The Morgan fingerprint density at radius 2 is 2.17 bits per heavy atom. The minimum atomic E-state index is 0.208. The van der Waals surface area contributed by atoms with Crippen LogP contribution in [0.15, 0.2) is 41.7 Å². The first kappa shape index (κ1) is 17.4. The van der Waals surface area contributed by atoms with E-state index >= 15 is 0 Å². The van der Waals surface area contributed by atoms with Crippen LogP contribution in [0.1, 0.15) is 17.7 Å². The fourth-order valence-corrected chi connectivity index (χ4v) is 2.85. The zero-order chi connectivity index (χ0) is 16.5. The number of aliphatic hydroxyl groups is 1. The number of aliphatic imine (C=N–C) groups is 1. The Hall–Kier alpha value is -1.99. The monoisotopic (exact) mass is 333 g/mol. The van der Waals surface area contributed by atoms with Gasteiger partial charge in [-0.3, -0.25) is 4.99 Å². The second-order valence-corrected chi connectivity index (χ2v) is 6.04. The molecule has 7 heteroatoms. The highest BCUT2D eigenvalue weighted by Gasteiger charge is 2.13. The van der Waals surface area contributed by atoms with Crippen molar-refractivity contribution in [3.8, 4) is 0 Å². The molecule has 1 aromatic heterocycles. The van der Waals surface area contributed by atoms with Crippen molar-refractivity contribution in [1.29, 1.82) is 0 Å². The number of rotatable bonds is 9. The zero-order valence-electron chi connectivity index (χ0n) is 13.3. The molecule has 6 nitrogen and oxygen atoms in total. The third kappa shape index (κ3) is 5.01. The van der Waals surface area contributed by atoms with Crippen molar-refractivity contribution in [2.45, 2.75) is 13.0 Å². The van der Waals surface area contributed by atoms with Crippen LogP contribution in [0.4, 0.5) is 5.82 Å². The molecule has 0 radical (unpaired) electrons. The molecule has 0 unspecified atom stereocenters. The highest BCUT2D eigenvalue weighted by Crippen LogP contribution is 2.16. The van der Waals surface area contributed by atoms with Crippen LogP contribution in [0, 0.1) is 0 Å². The van der Waals surface area contributed by atoms with Crippen LogP contribution in [0.5, 0.6) is 0 Å². The van der Waals surface area contributed by atoms with E-state index in [1.54, 1.807) is 18.1 Å². The van der Waals surface area contributed by atoms with Gasteiger partial charge in [0, 0.05) is 13.7 Å². The molecule has 0 spiro atoms. The number of nitrogens with two attached hydrogens (primary N) is 1. The summed E-state index contributed by atoms with van der Waals surface area (Å²) in [4.78, 5) is 8.75. The molecular formula is C16H23N5OS. The van der Waals surface area contributed by atoms with Crippen LogP contribution in [-0.2, 0) is 6.54 Å². The summed E-state index contributed by atoms with van der Waals surface area (Å²) in [5.41, 5.74) is 7.93. The van der Waals surface area contributed by atoms with E-state index in [0.717, 1.165) is 24.5 Å². The van der Waals surface area contributed by atoms with Crippen LogP contribution in [0.3, 0.4) is 0 Å². The third-order valence-electron chi connectivity index (χ3n) is 3.29. The van der Waals surface area contributed by atoms with E-state index in [1.807, 2.05) is 29.8 Å². The summed E-state index contributed by atoms with van der Waals surface area (Å²) in [6, 6.07) is 10.2. The van der Waals surface area contributed by atoms with E-state index < -0.39 is 0 Å². The number of thioether (sulfide) groups is 1. The number of imidazole rings is 1. The van der Waals surface area contributed by atoms with Gasteiger partial charge in [-0.15, -0.1) is 11.8 Å². The molecule has 23 heavy (non-hydrogen) atoms. The highest BCUT2D eigenvalue weighted by molar-refractivity contribution is 7.99. The number of nitrogens with one attached hydrogen (secondary N) is 1. The number of aliphatic hydroxyl groups excluding tert-OH is 1. The Balaban J connectivity index is 2.06. The summed E-state index contributed by atoms with van der Waals surface area (Å²) in [5, 5.41) is 11.9. The molecule has 4 N–H and O–H groups in total. The lowest BCUT2D eigenvalue weighted by molar-refractivity contribution is 0.296. The first-order valence-electron chi connectivity index (χ1n) is 7.52. The summed E-state index contributed by atoms with van der Waals surface area (Å²) in [7, 11) is 1.85. The van der Waals surface area contributed by atoms with Gasteiger partial charge in [0.2, 0.25) is 0 Å². The van der Waals surface area contributed by atoms with Crippen molar-refractivity contribution in [3.05, 3.63) is 47.9 Å². The molecular weight excluding hydrogens is 310 g/mol. The SMILES string of the molecule is CNc1c(/C(N)=N\CSCCCO)ncn1Cc1ccccc1. The molecule has 0 aliphatic heterocycles. The minimum absolute atomic E-state index is 0.208. The Kier molecular flexibility index (Phi) is 6.96. The first-order chi connectivity index (χ1) is 11.3. The second-order valence-electron chi connectivity index (χ2n) is 4.96. The zero-order valence-corrected chi connectivity index (χ0v) is 14.1. The summed E-state index contributed by atoms with van der Waals surface area (Å²) >= 11 is 1.64. The maximum absolute atomic E-state index is 8.75. The van der Waals surface area contributed by atoms with E-state index in [1.165, 1.54) is 5.56 Å². The highest BCUT2D eigenvalue weighted by atomic mass is 32.2. The molecule has 0 saturated carbocycles. The molecule has 2 aromatic rings. The topological polar surface area (TPSA) is 88.5 Å². The molecule has 124 valence electrons. The first-order valence-corrected chi connectivity index (χ1v) is 8.67. The van der Waals surface area contributed by atoms with Gasteiger partial charge in [0.1, 0.15) is 17.3 Å². The molecule has 0 amide bonds. The molecule has 1 heterocycles. The van der Waals surface area contributed by atoms with Crippen LogP contribution in [0.25, 0.3) is 0 Å². The normalized spacial score (nSPS) is 11.7. The van der Waals surface area contributed by atoms with Crippen molar-refractivity contribution in [3.63, 3.8) is 0 Å². The van der Waals surface area contributed by atoms with Crippen LogP contribution >= 0.6 is 11.8 Å². The smallest absolute Gasteiger partial charge is 0.149 e. The van der Waals surface area contributed by atoms with Crippen molar-refractivity contribution in [1.82, 2.24) is 9.55 Å². The van der Waals surface area contributed by atoms with Crippen LogP contribution in [-0.4, -0.2) is 45.8 Å². The minimum Gasteiger partial charge on any atom is -0.396 e. The standard InChI is InChI=1S/C16H23N5OS/c1-18-16-14(15(17)20-12-23-9-5-8-22)19-11-21(16)10-13-6-3-2-4-7-13/h2-4,6-7,11,18,22H,5,8-10,12H2,1H3,(H2,17,20). The van der Waals surface area contributed by atoms with E-state index in [-0.39, 0.29) is 6.61 Å². The molecule has 0 atom stereocenters. The predicted octanol–water partition coefficient (Wildman–Crippen LogP) is 1.75. The largest absolute Gasteiger partial charge is 0.396 e. The summed E-state index contributed by atoms with van der Waals surface area (Å²) < 4.78 is 2.02. The second kappa shape index (κ2) is 9.22. The van der Waals surface area contributed by atoms with Crippen molar-refractivity contribution in [2.75, 3.05) is 30.6 Å². The molecule has 0 fully saturated rings. The Bertz CT molecular complexity index is 627. The summed E-state index contributed by atoms with van der Waals surface area (Å²) in [6.07, 6.45) is 2.54. The van der Waals surface area contributed by atoms with Crippen molar-refractivity contribution < 1.29 is 5.11 Å². The average Bonchev–Trinajstić information content (AvgIpc) is 2.98. The Labute approximate surface area is 140 Å². The van der Waals surface area contributed by atoms with Gasteiger partial charge in [0.15, 0.2) is 0 Å². The molecule has 2 rings (SSSR count).